The Morgan fingerprint density at radius 1 is 1.00 bits per heavy atom. The Kier molecular flexibility index (Phi) is 6.29. The zero-order valence-corrected chi connectivity index (χ0v) is 15.8. The van der Waals surface area contributed by atoms with E-state index in [1.807, 2.05) is 45.2 Å². The maximum atomic E-state index is 5.89. The number of rotatable bonds is 0. The molecule has 2 N–H and O–H groups in total. The maximum Gasteiger partial charge on any atom is 0.137 e. The third-order valence-corrected chi connectivity index (χ3v) is 3.88. The van der Waals surface area contributed by atoms with Gasteiger partial charge in [-0.05, 0) is 37.6 Å². The summed E-state index contributed by atoms with van der Waals surface area (Å²) in [6.45, 7) is 8.06. The molecule has 3 aromatic heterocycles. The molecule has 24 heavy (non-hydrogen) atoms. The summed E-state index contributed by atoms with van der Waals surface area (Å²) >= 11 is 11.6. The van der Waals surface area contributed by atoms with Gasteiger partial charge >= 0.3 is 0 Å². The summed E-state index contributed by atoms with van der Waals surface area (Å²) in [6.07, 6.45) is 3.45. The second kappa shape index (κ2) is 8.22. The van der Waals surface area contributed by atoms with E-state index in [1.165, 1.54) is 5.56 Å². The molecule has 126 valence electrons. The number of aryl methyl sites for hydroxylation is 2. The summed E-state index contributed by atoms with van der Waals surface area (Å²) in [4.78, 5) is 10.3. The van der Waals surface area contributed by atoms with Crippen molar-refractivity contribution in [2.45, 2.75) is 27.7 Å². The fourth-order valence-electron chi connectivity index (χ4n) is 2.33. The molecule has 0 bridgehead atoms. The third kappa shape index (κ3) is 4.31. The van der Waals surface area contributed by atoms with E-state index in [0.29, 0.717) is 5.02 Å². The molecule has 0 radical (unpaired) electrons. The van der Waals surface area contributed by atoms with Crippen LogP contribution in [0.2, 0.25) is 10.0 Å². The van der Waals surface area contributed by atoms with Crippen molar-refractivity contribution >= 4 is 45.1 Å². The highest BCUT2D eigenvalue weighted by atomic mass is 35.5. The van der Waals surface area contributed by atoms with Gasteiger partial charge in [-0.1, -0.05) is 49.2 Å². The van der Waals surface area contributed by atoms with Crippen molar-refractivity contribution in [3.63, 3.8) is 0 Å². The van der Waals surface area contributed by atoms with Gasteiger partial charge in [-0.2, -0.15) is 0 Å². The summed E-state index contributed by atoms with van der Waals surface area (Å²) in [7, 11) is 0. The molecule has 0 saturated carbocycles. The van der Waals surface area contributed by atoms with Gasteiger partial charge in [0.1, 0.15) is 5.65 Å². The number of nitrogens with zero attached hydrogens (tertiary/aromatic N) is 1. The van der Waals surface area contributed by atoms with Crippen LogP contribution in [0.25, 0.3) is 21.9 Å². The molecule has 3 heterocycles. The third-order valence-electron chi connectivity index (χ3n) is 3.36. The predicted octanol–water partition coefficient (Wildman–Crippen LogP) is 6.68. The lowest BCUT2D eigenvalue weighted by atomic mass is 10.2. The van der Waals surface area contributed by atoms with Gasteiger partial charge < -0.3 is 9.97 Å². The molecule has 0 aliphatic heterocycles. The molecule has 0 fully saturated rings. The maximum absolute atomic E-state index is 5.89. The Labute approximate surface area is 152 Å². The van der Waals surface area contributed by atoms with Crippen LogP contribution in [0.1, 0.15) is 25.1 Å². The van der Waals surface area contributed by atoms with Crippen LogP contribution in [0.4, 0.5) is 0 Å². The number of benzene rings is 1. The molecule has 5 heteroatoms. The molecule has 0 aliphatic rings. The molecule has 1 aromatic carbocycles. The van der Waals surface area contributed by atoms with Crippen molar-refractivity contribution in [2.75, 3.05) is 0 Å². The van der Waals surface area contributed by atoms with Gasteiger partial charge in [0, 0.05) is 34.4 Å². The smallest absolute Gasteiger partial charge is 0.137 e. The minimum absolute atomic E-state index is 0.677. The molecule has 4 aromatic rings. The standard InChI is InChI=1S/C9H8ClN.C8H7ClN2.C2H6/c1-6-2-3-7-8(10)5-11-9(7)4-6;1-5-2-6-3-7(9)4-10-8(6)11-5;1-2/h2-5,11H,1H3;2-4H,1H3,(H,10,11);1-2H3. The van der Waals surface area contributed by atoms with E-state index in [0.717, 1.165) is 32.7 Å². The van der Waals surface area contributed by atoms with Gasteiger partial charge in [-0.25, -0.2) is 4.98 Å². The summed E-state index contributed by atoms with van der Waals surface area (Å²) < 4.78 is 0. The monoisotopic (exact) mass is 361 g/mol. The van der Waals surface area contributed by atoms with E-state index < -0.39 is 0 Å². The molecule has 0 aliphatic carbocycles. The topological polar surface area (TPSA) is 44.5 Å². The number of fused-ring (bicyclic) bond motifs is 2. The second-order valence-corrected chi connectivity index (χ2v) is 6.07. The van der Waals surface area contributed by atoms with Crippen LogP contribution in [0, 0.1) is 13.8 Å². The van der Waals surface area contributed by atoms with Crippen LogP contribution in [0.15, 0.2) is 42.7 Å². The molecule has 0 amide bonds. The summed E-state index contributed by atoms with van der Waals surface area (Å²) in [6, 6.07) is 10.1. The van der Waals surface area contributed by atoms with Crippen LogP contribution in [-0.4, -0.2) is 15.0 Å². The first-order valence-corrected chi connectivity index (χ1v) is 8.62. The van der Waals surface area contributed by atoms with Gasteiger partial charge in [0.05, 0.1) is 10.0 Å². The first kappa shape index (κ1) is 18.4. The lowest BCUT2D eigenvalue weighted by Crippen LogP contribution is -1.74. The molecule has 3 nitrogen and oxygen atoms in total. The average molecular weight is 362 g/mol. The van der Waals surface area contributed by atoms with Crippen LogP contribution >= 0.6 is 23.2 Å². The van der Waals surface area contributed by atoms with Gasteiger partial charge in [0.15, 0.2) is 0 Å². The van der Waals surface area contributed by atoms with Gasteiger partial charge in [-0.3, -0.25) is 0 Å². The fourth-order valence-corrected chi connectivity index (χ4v) is 2.72. The molecule has 0 atom stereocenters. The highest BCUT2D eigenvalue weighted by molar-refractivity contribution is 6.35. The second-order valence-electron chi connectivity index (χ2n) is 5.23. The number of nitrogens with one attached hydrogen (secondary N) is 2. The molecular formula is C19H21Cl2N3. The van der Waals surface area contributed by atoms with Crippen LogP contribution in [0.3, 0.4) is 0 Å². The minimum atomic E-state index is 0.677. The van der Waals surface area contributed by atoms with Crippen LogP contribution in [-0.2, 0) is 0 Å². The Bertz CT molecular complexity index is 929. The van der Waals surface area contributed by atoms with E-state index in [2.05, 4.69) is 34.0 Å². The number of pyridine rings is 1. The number of aromatic amines is 2. The molecule has 0 saturated heterocycles. The molecule has 0 spiro atoms. The lowest BCUT2D eigenvalue weighted by molar-refractivity contribution is 1.25. The SMILES string of the molecule is CC.Cc1cc2cc(Cl)cnc2[nH]1.Cc1ccc2c(Cl)c[nH]c2c1. The number of hydrogen-bond acceptors (Lipinski definition) is 1. The zero-order chi connectivity index (χ0) is 17.7. The van der Waals surface area contributed by atoms with Gasteiger partial charge in [0.2, 0.25) is 0 Å². The number of halogens is 2. The van der Waals surface area contributed by atoms with E-state index >= 15 is 0 Å². The minimum Gasteiger partial charge on any atom is -0.360 e. The first-order valence-electron chi connectivity index (χ1n) is 7.87. The first-order chi connectivity index (χ1) is 11.5. The van der Waals surface area contributed by atoms with Crippen molar-refractivity contribution in [1.29, 1.82) is 0 Å². The quantitative estimate of drug-likeness (QED) is 0.360. The largest absolute Gasteiger partial charge is 0.360 e. The molecule has 0 unspecified atom stereocenters. The van der Waals surface area contributed by atoms with Gasteiger partial charge in [-0.15, -0.1) is 0 Å². The number of hydrogen-bond donors (Lipinski definition) is 2. The highest BCUT2D eigenvalue weighted by Crippen LogP contribution is 2.23. The summed E-state index contributed by atoms with van der Waals surface area (Å²) in [5.74, 6) is 0. The van der Waals surface area contributed by atoms with Gasteiger partial charge in [0.25, 0.3) is 0 Å². The van der Waals surface area contributed by atoms with Crippen molar-refractivity contribution < 1.29 is 0 Å². The highest BCUT2D eigenvalue weighted by Gasteiger charge is 1.99. The lowest BCUT2D eigenvalue weighted by Gasteiger charge is -1.91. The Morgan fingerprint density at radius 3 is 2.50 bits per heavy atom. The Hall–Kier alpha value is -1.97. The summed E-state index contributed by atoms with van der Waals surface area (Å²) in [5, 5.41) is 3.63. The number of aromatic nitrogens is 3. The fraction of sp³-hybridized carbons (Fsp3) is 0.211. The predicted molar refractivity (Wildman–Crippen MR) is 105 cm³/mol. The van der Waals surface area contributed by atoms with E-state index in [4.69, 9.17) is 23.2 Å². The Morgan fingerprint density at radius 2 is 1.75 bits per heavy atom. The summed E-state index contributed by atoms with van der Waals surface area (Å²) in [5.41, 5.74) is 4.35. The Balaban J connectivity index is 0.000000158. The number of H-pyrrole nitrogens is 2. The molecule has 4 rings (SSSR count). The van der Waals surface area contributed by atoms with Crippen LogP contribution < -0.4 is 0 Å². The van der Waals surface area contributed by atoms with Crippen molar-refractivity contribution in [2.24, 2.45) is 0 Å². The normalized spacial score (nSPS) is 10.1. The van der Waals surface area contributed by atoms with Crippen molar-refractivity contribution in [1.82, 2.24) is 15.0 Å². The van der Waals surface area contributed by atoms with Crippen LogP contribution in [0.5, 0.6) is 0 Å². The molecular weight excluding hydrogens is 341 g/mol. The van der Waals surface area contributed by atoms with Crippen molar-refractivity contribution in [3.05, 3.63) is 64.0 Å². The van der Waals surface area contributed by atoms with E-state index in [9.17, 15) is 0 Å². The zero-order valence-electron chi connectivity index (χ0n) is 14.2. The van der Waals surface area contributed by atoms with E-state index in [-0.39, 0.29) is 0 Å². The van der Waals surface area contributed by atoms with E-state index in [1.54, 1.807) is 6.20 Å². The average Bonchev–Trinajstić information content (AvgIpc) is 3.11. The van der Waals surface area contributed by atoms with Crippen molar-refractivity contribution in [3.8, 4) is 0 Å².